The van der Waals surface area contributed by atoms with Crippen LogP contribution in [0.4, 0.5) is 20.3 Å². The molecular formula is C46H54F2N12O5. The first-order chi connectivity index (χ1) is 31.5. The molecule has 2 bridgehead atoms. The number of fused-ring (bicyclic) bond motifs is 4. The fourth-order valence-corrected chi connectivity index (χ4v) is 11.7. The molecule has 6 fully saturated rings. The molecule has 9 heterocycles. The number of likely N-dealkylation sites (tertiary alicyclic amines) is 2. The summed E-state index contributed by atoms with van der Waals surface area (Å²) in [5.74, 6) is -0.200. The molecule has 19 heteroatoms. The van der Waals surface area contributed by atoms with Crippen molar-refractivity contribution >= 4 is 51.7 Å². The number of rotatable bonds is 11. The molecule has 1 aliphatic carbocycles. The number of anilines is 2. The van der Waals surface area contributed by atoms with Crippen molar-refractivity contribution in [2.75, 3.05) is 56.1 Å². The lowest BCUT2D eigenvalue weighted by Gasteiger charge is -2.55. The number of benzene rings is 1. The van der Waals surface area contributed by atoms with E-state index in [9.17, 15) is 28.0 Å². The highest BCUT2D eigenvalue weighted by atomic mass is 19.3. The number of hydrogen-bond donors (Lipinski definition) is 2. The lowest BCUT2D eigenvalue weighted by atomic mass is 9.71. The summed E-state index contributed by atoms with van der Waals surface area (Å²) >= 11 is 0. The van der Waals surface area contributed by atoms with Gasteiger partial charge in [0.25, 0.3) is 12.3 Å². The number of nitrogens with zero attached hydrogens (tertiary/aromatic N) is 10. The number of halogens is 2. The highest BCUT2D eigenvalue weighted by Gasteiger charge is 2.46. The molecular weight excluding hydrogens is 839 g/mol. The minimum Gasteiger partial charge on any atom is -0.374 e. The lowest BCUT2D eigenvalue weighted by molar-refractivity contribution is -0.137. The van der Waals surface area contributed by atoms with Gasteiger partial charge >= 0.3 is 0 Å². The van der Waals surface area contributed by atoms with Gasteiger partial charge in [0.05, 0.1) is 53.8 Å². The second kappa shape index (κ2) is 16.6. The average molecular weight is 893 g/mol. The van der Waals surface area contributed by atoms with Crippen LogP contribution in [0.25, 0.3) is 16.6 Å². The van der Waals surface area contributed by atoms with E-state index in [-0.39, 0.29) is 59.0 Å². The highest BCUT2D eigenvalue weighted by Crippen LogP contribution is 2.43. The first-order valence-electron chi connectivity index (χ1n) is 23.2. The summed E-state index contributed by atoms with van der Waals surface area (Å²) in [5.41, 5.74) is 2.97. The molecule has 6 aliphatic rings. The number of para-hydroxylation sites is 1. The number of aromatic nitrogens is 7. The van der Waals surface area contributed by atoms with E-state index in [0.29, 0.717) is 43.1 Å². The Morgan fingerprint density at radius 2 is 1.85 bits per heavy atom. The second-order valence-corrected chi connectivity index (χ2v) is 19.3. The number of nitrogens with one attached hydrogen (secondary N) is 2. The van der Waals surface area contributed by atoms with Crippen LogP contribution in [0.5, 0.6) is 0 Å². The van der Waals surface area contributed by atoms with Crippen LogP contribution in [0.15, 0.2) is 42.9 Å². The number of piperidine rings is 2. The van der Waals surface area contributed by atoms with Crippen molar-refractivity contribution in [2.24, 2.45) is 18.4 Å². The predicted octanol–water partition coefficient (Wildman–Crippen LogP) is 4.79. The van der Waals surface area contributed by atoms with Crippen LogP contribution in [0, 0.1) is 11.3 Å². The molecule has 342 valence electrons. The van der Waals surface area contributed by atoms with Gasteiger partial charge in [0.2, 0.25) is 17.7 Å². The van der Waals surface area contributed by atoms with Crippen LogP contribution >= 0.6 is 0 Å². The first-order valence-corrected chi connectivity index (χ1v) is 23.2. The number of morpholine rings is 1. The topological polar surface area (TPSA) is 177 Å². The Morgan fingerprint density at radius 1 is 1.03 bits per heavy atom. The monoisotopic (exact) mass is 892 g/mol. The molecule has 5 saturated heterocycles. The molecule has 1 unspecified atom stereocenters. The van der Waals surface area contributed by atoms with Crippen molar-refractivity contribution in [3.63, 3.8) is 0 Å². The van der Waals surface area contributed by atoms with Gasteiger partial charge in [0, 0.05) is 76.9 Å². The largest absolute Gasteiger partial charge is 0.374 e. The van der Waals surface area contributed by atoms with Gasteiger partial charge in [-0.15, -0.1) is 0 Å². The van der Waals surface area contributed by atoms with Gasteiger partial charge in [0.15, 0.2) is 11.3 Å². The third-order valence-electron chi connectivity index (χ3n) is 15.2. The average Bonchev–Trinajstić information content (AvgIpc) is 4.15. The minimum atomic E-state index is -2.86. The van der Waals surface area contributed by atoms with Crippen LogP contribution < -0.4 is 15.5 Å². The first kappa shape index (κ1) is 41.9. The van der Waals surface area contributed by atoms with Gasteiger partial charge in [-0.05, 0) is 80.8 Å². The zero-order valence-corrected chi connectivity index (χ0v) is 36.5. The van der Waals surface area contributed by atoms with Gasteiger partial charge in [-0.25, -0.2) is 18.3 Å². The number of aryl methyl sites for hydroxylation is 2. The SMILES string of the molecule is Cn1nc(C2CCC(=O)NC2=O)c2cccc(CCC(=O)N3CCC4(CC3)CN(CC3CCC(n5cc(NC(=O)c6cnn7ccc(N8C[C@H]9C[C@@H]8CO9)nc67)c(C(F)F)n5)CC3)C4)c21. The Bertz CT molecular complexity index is 2670. The van der Waals surface area contributed by atoms with Crippen molar-refractivity contribution < 1.29 is 32.7 Å². The van der Waals surface area contributed by atoms with E-state index < -0.39 is 23.9 Å². The predicted molar refractivity (Wildman–Crippen MR) is 233 cm³/mol. The van der Waals surface area contributed by atoms with E-state index in [1.54, 1.807) is 21.8 Å². The summed E-state index contributed by atoms with van der Waals surface area (Å²) in [6.07, 6.45) is 10.2. The van der Waals surface area contributed by atoms with Crippen LogP contribution in [0.3, 0.4) is 0 Å². The summed E-state index contributed by atoms with van der Waals surface area (Å²) in [6, 6.07) is 8.02. The quantitative estimate of drug-likeness (QED) is 0.175. The van der Waals surface area contributed by atoms with Gasteiger partial charge < -0.3 is 24.8 Å². The highest BCUT2D eigenvalue weighted by molar-refractivity contribution is 6.08. The maximum Gasteiger partial charge on any atom is 0.284 e. The number of amides is 4. The van der Waals surface area contributed by atoms with Crippen molar-refractivity contribution in [1.82, 2.24) is 49.3 Å². The Kier molecular flexibility index (Phi) is 10.7. The van der Waals surface area contributed by atoms with Crippen molar-refractivity contribution in [1.29, 1.82) is 0 Å². The van der Waals surface area contributed by atoms with Gasteiger partial charge in [-0.1, -0.05) is 18.2 Å². The molecule has 11 rings (SSSR count). The molecule has 0 radical (unpaired) electrons. The number of carbonyl (C=O) groups is 4. The zero-order chi connectivity index (χ0) is 44.6. The number of carbonyl (C=O) groups excluding carboxylic acids is 4. The lowest BCUT2D eigenvalue weighted by Crippen LogP contribution is -2.61. The van der Waals surface area contributed by atoms with Crippen LogP contribution in [-0.2, 0) is 32.6 Å². The maximum atomic E-state index is 14.3. The third kappa shape index (κ3) is 7.83. The Morgan fingerprint density at radius 3 is 2.58 bits per heavy atom. The molecule has 1 aromatic carbocycles. The molecule has 1 spiro atoms. The normalized spacial score (nSPS) is 25.6. The van der Waals surface area contributed by atoms with E-state index in [4.69, 9.17) is 14.8 Å². The van der Waals surface area contributed by atoms with Gasteiger partial charge in [-0.2, -0.15) is 15.3 Å². The molecule has 3 atom stereocenters. The van der Waals surface area contributed by atoms with E-state index >= 15 is 0 Å². The van der Waals surface area contributed by atoms with Crippen LogP contribution in [0.1, 0.15) is 110 Å². The third-order valence-corrected chi connectivity index (χ3v) is 15.2. The van der Waals surface area contributed by atoms with E-state index in [1.165, 1.54) is 10.7 Å². The second-order valence-electron chi connectivity index (χ2n) is 19.3. The summed E-state index contributed by atoms with van der Waals surface area (Å²) in [4.78, 5) is 62.9. The Labute approximate surface area is 373 Å². The summed E-state index contributed by atoms with van der Waals surface area (Å²) in [6.45, 7) is 5.97. The fourth-order valence-electron chi connectivity index (χ4n) is 11.7. The van der Waals surface area contributed by atoms with Gasteiger partial charge in [0.1, 0.15) is 11.4 Å². The Balaban J connectivity index is 0.644. The minimum absolute atomic E-state index is 0.000298. The fraction of sp³-hybridized carbons (Fsp3) is 0.565. The Hall–Kier alpha value is -5.82. The molecule has 65 heavy (non-hydrogen) atoms. The van der Waals surface area contributed by atoms with Crippen LogP contribution in [-0.4, -0.2) is 126 Å². The number of ether oxygens (including phenoxy) is 1. The van der Waals surface area contributed by atoms with E-state index in [0.717, 1.165) is 106 Å². The molecule has 5 aliphatic heterocycles. The smallest absolute Gasteiger partial charge is 0.284 e. The molecule has 17 nitrogen and oxygen atoms in total. The summed E-state index contributed by atoms with van der Waals surface area (Å²) in [7, 11) is 1.86. The summed E-state index contributed by atoms with van der Waals surface area (Å²) in [5, 5.41) is 19.3. The number of alkyl halides is 2. The standard InChI is InChI=1S/C46H54F2N12O5/c1-55-41-28(3-2-4-32(41)39(53-55)33-10-11-37(61)52-44(33)63)7-12-38(62)57-17-14-46(15-18-57)25-56(26-46)21-27-5-8-29(9-6-27)60-23-35(40(54-60)42(47)48)50-45(64)34-20-49-59-16-13-36(51-43(34)59)58-22-31-19-30(58)24-65-31/h2-4,13,16,20,23,27,29-31,33,42H,5-12,14-15,17-19,21-22,24-26H2,1H3,(H,50,64)(H,52,61,63)/t27?,29?,30-,31-,33?/m1/s1. The van der Waals surface area contributed by atoms with E-state index in [1.807, 2.05) is 36.2 Å². The van der Waals surface area contributed by atoms with E-state index in [2.05, 4.69) is 30.6 Å². The summed E-state index contributed by atoms with van der Waals surface area (Å²) < 4.78 is 39.3. The molecule has 4 aromatic heterocycles. The van der Waals surface area contributed by atoms with Crippen LogP contribution in [0.2, 0.25) is 0 Å². The zero-order valence-electron chi connectivity index (χ0n) is 36.5. The van der Waals surface area contributed by atoms with Crippen molar-refractivity contribution in [3.8, 4) is 0 Å². The molecule has 4 amide bonds. The number of imide groups is 1. The molecule has 1 saturated carbocycles. The van der Waals surface area contributed by atoms with Gasteiger partial charge in [-0.3, -0.25) is 33.9 Å². The van der Waals surface area contributed by atoms with Crippen molar-refractivity contribution in [3.05, 3.63) is 65.4 Å². The maximum absolute atomic E-state index is 14.3. The van der Waals surface area contributed by atoms with Crippen molar-refractivity contribution in [2.45, 2.75) is 101 Å². The number of hydrogen-bond acceptors (Lipinski definition) is 11. The molecule has 5 aromatic rings. The molecule has 2 N–H and O–H groups in total.